The van der Waals surface area contributed by atoms with Gasteiger partial charge in [0.15, 0.2) is 6.61 Å². The monoisotopic (exact) mass is 415 g/mol. The number of carbonyl (C=O) groups is 1. The van der Waals surface area contributed by atoms with Crippen molar-refractivity contribution < 1.29 is 23.4 Å². The summed E-state index contributed by atoms with van der Waals surface area (Å²) in [7, 11) is 0. The summed E-state index contributed by atoms with van der Waals surface area (Å²) in [4.78, 5) is 24.6. The van der Waals surface area contributed by atoms with Crippen LogP contribution in [0.4, 0.5) is 0 Å². The first-order valence-electron chi connectivity index (χ1n) is 10.6. The van der Waals surface area contributed by atoms with Gasteiger partial charge in [0.1, 0.15) is 11.3 Å². The Bertz CT molecular complexity index is 999. The van der Waals surface area contributed by atoms with Crippen molar-refractivity contribution in [1.82, 2.24) is 5.32 Å². The zero-order valence-corrected chi connectivity index (χ0v) is 17.8. The van der Waals surface area contributed by atoms with Crippen LogP contribution in [-0.2, 0) is 14.3 Å². The first kappa shape index (κ1) is 20.9. The molecule has 1 aromatic heterocycles. The lowest BCUT2D eigenvalue weighted by molar-refractivity contribution is -0.144. The molecule has 1 spiro atoms. The fourth-order valence-corrected chi connectivity index (χ4v) is 4.46. The molecule has 30 heavy (non-hydrogen) atoms. The smallest absolute Gasteiger partial charge is 0.339 e. The van der Waals surface area contributed by atoms with E-state index in [1.54, 1.807) is 6.92 Å². The van der Waals surface area contributed by atoms with Gasteiger partial charge in [0.05, 0.1) is 11.0 Å². The van der Waals surface area contributed by atoms with Crippen LogP contribution in [0.5, 0.6) is 5.75 Å². The highest BCUT2D eigenvalue weighted by molar-refractivity contribution is 5.88. The number of aryl methyl sites for hydroxylation is 2. The molecule has 1 N–H and O–H groups in total. The number of hydrogen-bond donors (Lipinski definition) is 1. The van der Waals surface area contributed by atoms with Crippen molar-refractivity contribution >= 4 is 16.9 Å². The van der Waals surface area contributed by atoms with Crippen LogP contribution in [-0.4, -0.2) is 44.0 Å². The second-order valence-corrected chi connectivity index (χ2v) is 8.47. The lowest BCUT2D eigenvalue weighted by Crippen LogP contribution is -2.51. The Morgan fingerprint density at radius 3 is 2.70 bits per heavy atom. The highest BCUT2D eigenvalue weighted by Gasteiger charge is 2.39. The lowest BCUT2D eigenvalue weighted by atomic mass is 9.84. The van der Waals surface area contributed by atoms with Crippen LogP contribution >= 0.6 is 0 Å². The van der Waals surface area contributed by atoms with Crippen LogP contribution in [0.15, 0.2) is 21.3 Å². The maximum Gasteiger partial charge on any atom is 0.339 e. The zero-order valence-electron chi connectivity index (χ0n) is 17.8. The van der Waals surface area contributed by atoms with Crippen LogP contribution < -0.4 is 15.7 Å². The Labute approximate surface area is 175 Å². The van der Waals surface area contributed by atoms with Gasteiger partial charge in [0.2, 0.25) is 0 Å². The van der Waals surface area contributed by atoms with Gasteiger partial charge in [-0.2, -0.15) is 0 Å². The molecule has 2 fully saturated rings. The minimum Gasteiger partial charge on any atom is -0.483 e. The molecular weight excluding hydrogens is 386 g/mol. The first-order chi connectivity index (χ1) is 14.4. The van der Waals surface area contributed by atoms with Crippen LogP contribution in [0.3, 0.4) is 0 Å². The second-order valence-electron chi connectivity index (χ2n) is 8.47. The molecule has 4 rings (SSSR count). The third kappa shape index (κ3) is 4.23. The summed E-state index contributed by atoms with van der Waals surface area (Å²) in [5.41, 5.74) is 2.21. The number of benzene rings is 1. The highest BCUT2D eigenvalue weighted by Crippen LogP contribution is 2.34. The quantitative estimate of drug-likeness (QED) is 0.773. The third-order valence-electron chi connectivity index (χ3n) is 6.28. The highest BCUT2D eigenvalue weighted by atomic mass is 16.5. The van der Waals surface area contributed by atoms with Crippen molar-refractivity contribution in [1.29, 1.82) is 0 Å². The van der Waals surface area contributed by atoms with E-state index in [9.17, 15) is 9.59 Å². The summed E-state index contributed by atoms with van der Waals surface area (Å²) < 4.78 is 22.8. The first-order valence-corrected chi connectivity index (χ1v) is 10.6. The predicted molar refractivity (Wildman–Crippen MR) is 112 cm³/mol. The average molecular weight is 415 g/mol. The van der Waals surface area contributed by atoms with E-state index in [2.05, 4.69) is 5.32 Å². The molecule has 2 aliphatic heterocycles. The minimum atomic E-state index is -0.351. The number of rotatable bonds is 4. The van der Waals surface area contributed by atoms with E-state index < -0.39 is 0 Å². The van der Waals surface area contributed by atoms with Crippen LogP contribution in [0.25, 0.3) is 11.0 Å². The molecule has 3 heterocycles. The standard InChI is InChI=1S/C23H29NO6/c1-14-10-18(21-15(2)16(3)22(26)30-19(21)11-14)28-13-20(25)24-17-4-7-29-23(12-17)5-8-27-9-6-23/h10-11,17H,4-9,12-13H2,1-3H3,(H,24,25). The van der Waals surface area contributed by atoms with Crippen molar-refractivity contribution in [3.8, 4) is 5.75 Å². The van der Waals surface area contributed by atoms with Gasteiger partial charge in [-0.25, -0.2) is 4.79 Å². The van der Waals surface area contributed by atoms with Gasteiger partial charge in [-0.15, -0.1) is 0 Å². The summed E-state index contributed by atoms with van der Waals surface area (Å²) in [6.07, 6.45) is 3.34. The number of fused-ring (bicyclic) bond motifs is 1. The normalized spacial score (nSPS) is 21.0. The molecule has 0 aliphatic carbocycles. The number of nitrogens with one attached hydrogen (secondary N) is 1. The number of carbonyl (C=O) groups excluding carboxylic acids is 1. The molecule has 1 amide bonds. The number of ether oxygens (including phenoxy) is 3. The number of hydrogen-bond acceptors (Lipinski definition) is 6. The van der Waals surface area contributed by atoms with E-state index in [4.69, 9.17) is 18.6 Å². The molecule has 162 valence electrons. The molecule has 2 aromatic rings. The third-order valence-corrected chi connectivity index (χ3v) is 6.28. The summed E-state index contributed by atoms with van der Waals surface area (Å²) in [6.45, 7) is 7.46. The second kappa shape index (κ2) is 8.40. The van der Waals surface area contributed by atoms with Crippen molar-refractivity contribution in [2.24, 2.45) is 0 Å². The molecule has 2 saturated heterocycles. The van der Waals surface area contributed by atoms with Gasteiger partial charge in [0, 0.05) is 31.4 Å². The maximum atomic E-state index is 12.6. The molecule has 1 atom stereocenters. The van der Waals surface area contributed by atoms with Crippen molar-refractivity contribution in [2.75, 3.05) is 26.4 Å². The van der Waals surface area contributed by atoms with Gasteiger partial charge >= 0.3 is 5.63 Å². The summed E-state index contributed by atoms with van der Waals surface area (Å²) in [6, 6.07) is 3.75. The van der Waals surface area contributed by atoms with Crippen molar-refractivity contribution in [3.05, 3.63) is 39.2 Å². The molecule has 0 radical (unpaired) electrons. The van der Waals surface area contributed by atoms with Crippen molar-refractivity contribution in [2.45, 2.75) is 58.1 Å². The Morgan fingerprint density at radius 1 is 1.17 bits per heavy atom. The van der Waals surface area contributed by atoms with E-state index in [-0.39, 0.29) is 29.8 Å². The van der Waals surface area contributed by atoms with Gasteiger partial charge in [0.25, 0.3) is 5.91 Å². The van der Waals surface area contributed by atoms with E-state index in [1.807, 2.05) is 26.0 Å². The molecule has 7 heteroatoms. The Morgan fingerprint density at radius 2 is 1.93 bits per heavy atom. The molecule has 0 saturated carbocycles. The summed E-state index contributed by atoms with van der Waals surface area (Å²) >= 11 is 0. The van der Waals surface area contributed by atoms with Crippen LogP contribution in [0.1, 0.15) is 42.4 Å². The molecule has 0 bridgehead atoms. The van der Waals surface area contributed by atoms with Crippen LogP contribution in [0, 0.1) is 20.8 Å². The van der Waals surface area contributed by atoms with Gasteiger partial charge in [-0.05, 0) is 69.7 Å². The summed E-state index contributed by atoms with van der Waals surface area (Å²) in [5.74, 6) is 0.392. The lowest BCUT2D eigenvalue weighted by Gasteiger charge is -2.43. The van der Waals surface area contributed by atoms with E-state index in [1.165, 1.54) is 0 Å². The predicted octanol–water partition coefficient (Wildman–Crippen LogP) is 2.94. The SMILES string of the molecule is Cc1cc(OCC(=O)NC2CCOC3(CCOCC3)C2)c2c(C)c(C)c(=O)oc2c1. The molecule has 2 aliphatic rings. The topological polar surface area (TPSA) is 87.0 Å². The average Bonchev–Trinajstić information content (AvgIpc) is 2.70. The number of amides is 1. The van der Waals surface area contributed by atoms with E-state index in [0.717, 1.165) is 42.2 Å². The fraction of sp³-hybridized carbons (Fsp3) is 0.565. The Balaban J connectivity index is 1.44. The Hall–Kier alpha value is -2.38. The van der Waals surface area contributed by atoms with Crippen LogP contribution in [0.2, 0.25) is 0 Å². The fourth-order valence-electron chi connectivity index (χ4n) is 4.46. The molecule has 1 unspecified atom stereocenters. The molecule has 1 aromatic carbocycles. The van der Waals surface area contributed by atoms with Crippen molar-refractivity contribution in [3.63, 3.8) is 0 Å². The zero-order chi connectivity index (χ0) is 21.3. The van der Waals surface area contributed by atoms with Gasteiger partial charge in [-0.3, -0.25) is 4.79 Å². The van der Waals surface area contributed by atoms with Gasteiger partial charge in [-0.1, -0.05) is 0 Å². The largest absolute Gasteiger partial charge is 0.483 e. The molecular formula is C23H29NO6. The maximum absolute atomic E-state index is 12.6. The van der Waals surface area contributed by atoms with E-state index >= 15 is 0 Å². The van der Waals surface area contributed by atoms with E-state index in [0.29, 0.717) is 36.7 Å². The van der Waals surface area contributed by atoms with Gasteiger partial charge < -0.3 is 23.9 Å². The summed E-state index contributed by atoms with van der Waals surface area (Å²) in [5, 5.41) is 3.83. The molecule has 7 nitrogen and oxygen atoms in total. The Kier molecular flexibility index (Phi) is 5.84. The minimum absolute atomic E-state index is 0.0733.